The Balaban J connectivity index is 1.92. The SMILES string of the molecule is Nc1cc(C(=O)O)ccc1Nc1cc(Cl)ccc1Oc1ccccc1. The van der Waals surface area contributed by atoms with Crippen molar-refractivity contribution in [3.8, 4) is 11.5 Å². The molecule has 0 amide bonds. The second kappa shape index (κ2) is 7.15. The summed E-state index contributed by atoms with van der Waals surface area (Å²) in [5.41, 5.74) is 7.56. The molecule has 25 heavy (non-hydrogen) atoms. The Hall–Kier alpha value is -3.18. The van der Waals surface area contributed by atoms with Gasteiger partial charge in [-0.3, -0.25) is 0 Å². The van der Waals surface area contributed by atoms with Crippen LogP contribution in [0.15, 0.2) is 66.7 Å². The molecule has 0 heterocycles. The van der Waals surface area contributed by atoms with Crippen molar-refractivity contribution in [3.63, 3.8) is 0 Å². The van der Waals surface area contributed by atoms with Gasteiger partial charge in [-0.25, -0.2) is 4.79 Å². The van der Waals surface area contributed by atoms with Crippen LogP contribution in [0.3, 0.4) is 0 Å². The molecular weight excluding hydrogens is 340 g/mol. The smallest absolute Gasteiger partial charge is 0.335 e. The first-order chi connectivity index (χ1) is 12.0. The number of carboxylic acid groups (broad SMARTS) is 1. The van der Waals surface area contributed by atoms with Crippen molar-refractivity contribution in [2.45, 2.75) is 0 Å². The molecule has 3 aromatic rings. The molecule has 126 valence electrons. The Bertz CT molecular complexity index is 914. The third kappa shape index (κ3) is 4.02. The van der Waals surface area contributed by atoms with E-state index < -0.39 is 5.97 Å². The van der Waals surface area contributed by atoms with Gasteiger partial charge in [-0.1, -0.05) is 29.8 Å². The molecule has 0 radical (unpaired) electrons. The van der Waals surface area contributed by atoms with Crippen LogP contribution in [0, 0.1) is 0 Å². The van der Waals surface area contributed by atoms with E-state index in [4.69, 9.17) is 27.2 Å². The van der Waals surface area contributed by atoms with E-state index in [9.17, 15) is 4.79 Å². The van der Waals surface area contributed by atoms with Gasteiger partial charge in [0.1, 0.15) is 5.75 Å². The van der Waals surface area contributed by atoms with Crippen molar-refractivity contribution in [2.75, 3.05) is 11.1 Å². The predicted octanol–water partition coefficient (Wildman–Crippen LogP) is 5.16. The van der Waals surface area contributed by atoms with Gasteiger partial charge in [-0.15, -0.1) is 0 Å². The number of benzene rings is 3. The summed E-state index contributed by atoms with van der Waals surface area (Å²) in [5, 5.41) is 12.7. The summed E-state index contributed by atoms with van der Waals surface area (Å²) < 4.78 is 5.88. The lowest BCUT2D eigenvalue weighted by molar-refractivity contribution is 0.0697. The highest BCUT2D eigenvalue weighted by atomic mass is 35.5. The highest BCUT2D eigenvalue weighted by molar-refractivity contribution is 6.31. The van der Waals surface area contributed by atoms with Crippen LogP contribution in [0.1, 0.15) is 10.4 Å². The van der Waals surface area contributed by atoms with E-state index in [0.717, 1.165) is 0 Å². The molecule has 3 aromatic carbocycles. The summed E-state index contributed by atoms with van der Waals surface area (Å²) in [6.07, 6.45) is 0. The highest BCUT2D eigenvalue weighted by Gasteiger charge is 2.10. The number of carboxylic acids is 1. The fourth-order valence-corrected chi connectivity index (χ4v) is 2.43. The van der Waals surface area contributed by atoms with Crippen molar-refractivity contribution < 1.29 is 14.6 Å². The lowest BCUT2D eigenvalue weighted by Crippen LogP contribution is -2.02. The first-order valence-electron chi connectivity index (χ1n) is 7.45. The van der Waals surface area contributed by atoms with E-state index in [1.54, 1.807) is 24.3 Å². The number of anilines is 3. The zero-order valence-electron chi connectivity index (χ0n) is 13.1. The van der Waals surface area contributed by atoms with Crippen LogP contribution >= 0.6 is 11.6 Å². The first-order valence-corrected chi connectivity index (χ1v) is 7.83. The molecule has 0 bridgehead atoms. The summed E-state index contributed by atoms with van der Waals surface area (Å²) in [6.45, 7) is 0. The zero-order chi connectivity index (χ0) is 17.8. The maximum absolute atomic E-state index is 11.0. The molecule has 4 N–H and O–H groups in total. The molecule has 6 heteroatoms. The number of rotatable bonds is 5. The number of carbonyl (C=O) groups is 1. The van der Waals surface area contributed by atoms with E-state index in [2.05, 4.69) is 5.32 Å². The third-order valence-electron chi connectivity index (χ3n) is 3.48. The Morgan fingerprint density at radius 2 is 1.76 bits per heavy atom. The van der Waals surface area contributed by atoms with Crippen LogP contribution in [0.25, 0.3) is 0 Å². The van der Waals surface area contributed by atoms with Gasteiger partial charge in [0.2, 0.25) is 0 Å². The minimum Gasteiger partial charge on any atom is -0.478 e. The second-order valence-electron chi connectivity index (χ2n) is 5.29. The lowest BCUT2D eigenvalue weighted by Gasteiger charge is -2.15. The molecule has 0 aliphatic carbocycles. The molecule has 0 fully saturated rings. The topological polar surface area (TPSA) is 84.6 Å². The maximum Gasteiger partial charge on any atom is 0.335 e. The summed E-state index contributed by atoms with van der Waals surface area (Å²) in [6, 6.07) is 19.0. The number of hydrogen-bond acceptors (Lipinski definition) is 4. The number of hydrogen-bond donors (Lipinski definition) is 3. The quantitative estimate of drug-likeness (QED) is 0.551. The average Bonchev–Trinajstić information content (AvgIpc) is 2.60. The van der Waals surface area contributed by atoms with E-state index in [0.29, 0.717) is 33.6 Å². The Labute approximate surface area is 149 Å². The zero-order valence-corrected chi connectivity index (χ0v) is 13.8. The van der Waals surface area contributed by atoms with Crippen molar-refractivity contribution in [1.29, 1.82) is 0 Å². The van der Waals surface area contributed by atoms with Gasteiger partial charge in [0.25, 0.3) is 0 Å². The van der Waals surface area contributed by atoms with Crippen molar-refractivity contribution in [1.82, 2.24) is 0 Å². The van der Waals surface area contributed by atoms with Crippen LogP contribution in [0.2, 0.25) is 5.02 Å². The minimum atomic E-state index is -1.03. The summed E-state index contributed by atoms with van der Waals surface area (Å²) in [7, 11) is 0. The molecular formula is C19H15ClN2O3. The van der Waals surface area contributed by atoms with E-state index in [-0.39, 0.29) is 5.56 Å². The third-order valence-corrected chi connectivity index (χ3v) is 3.72. The minimum absolute atomic E-state index is 0.120. The lowest BCUT2D eigenvalue weighted by atomic mass is 10.1. The number of aromatic carboxylic acids is 1. The molecule has 0 aromatic heterocycles. The van der Waals surface area contributed by atoms with Gasteiger partial charge >= 0.3 is 5.97 Å². The number of ether oxygens (including phenoxy) is 1. The first kappa shape index (κ1) is 16.7. The molecule has 0 aliphatic heterocycles. The largest absolute Gasteiger partial charge is 0.478 e. The van der Waals surface area contributed by atoms with Gasteiger partial charge in [-0.2, -0.15) is 0 Å². The standard InChI is InChI=1S/C19H15ClN2O3/c20-13-7-9-18(25-14-4-2-1-3-5-14)17(11-13)22-16-8-6-12(19(23)24)10-15(16)21/h1-11,22H,21H2,(H,23,24). The molecule has 0 saturated heterocycles. The normalized spacial score (nSPS) is 10.3. The molecule has 0 atom stereocenters. The number of para-hydroxylation sites is 1. The number of halogens is 1. The average molecular weight is 355 g/mol. The fraction of sp³-hybridized carbons (Fsp3) is 0. The molecule has 0 unspecified atom stereocenters. The van der Waals surface area contributed by atoms with Crippen molar-refractivity contribution in [2.24, 2.45) is 0 Å². The van der Waals surface area contributed by atoms with Crippen molar-refractivity contribution in [3.05, 3.63) is 77.3 Å². The van der Waals surface area contributed by atoms with Gasteiger partial charge in [0.15, 0.2) is 5.75 Å². The molecule has 5 nitrogen and oxygen atoms in total. The Morgan fingerprint density at radius 1 is 1.00 bits per heavy atom. The molecule has 3 rings (SSSR count). The number of nitrogens with two attached hydrogens (primary N) is 1. The van der Waals surface area contributed by atoms with Crippen LogP contribution in [0.5, 0.6) is 11.5 Å². The van der Waals surface area contributed by atoms with Crippen molar-refractivity contribution >= 4 is 34.6 Å². The Kier molecular flexibility index (Phi) is 4.77. The van der Waals surface area contributed by atoms with E-state index in [1.165, 1.54) is 12.1 Å². The summed E-state index contributed by atoms with van der Waals surface area (Å²) >= 11 is 6.09. The van der Waals surface area contributed by atoms with Gasteiger partial charge in [0, 0.05) is 5.02 Å². The van der Waals surface area contributed by atoms with E-state index >= 15 is 0 Å². The predicted molar refractivity (Wildman–Crippen MR) is 99.1 cm³/mol. The second-order valence-corrected chi connectivity index (χ2v) is 5.72. The monoisotopic (exact) mass is 354 g/mol. The Morgan fingerprint density at radius 3 is 2.44 bits per heavy atom. The van der Waals surface area contributed by atoms with Crippen LogP contribution in [-0.4, -0.2) is 11.1 Å². The van der Waals surface area contributed by atoms with Gasteiger partial charge in [0.05, 0.1) is 22.6 Å². The molecule has 0 spiro atoms. The van der Waals surface area contributed by atoms with Crippen LogP contribution in [-0.2, 0) is 0 Å². The number of nitrogens with one attached hydrogen (secondary N) is 1. The summed E-state index contributed by atoms with van der Waals surface area (Å²) in [5.74, 6) is 0.216. The van der Waals surface area contributed by atoms with E-state index in [1.807, 2.05) is 30.3 Å². The van der Waals surface area contributed by atoms with Crippen LogP contribution in [0.4, 0.5) is 17.1 Å². The number of nitrogen functional groups attached to an aromatic ring is 1. The highest BCUT2D eigenvalue weighted by Crippen LogP contribution is 2.35. The summed E-state index contributed by atoms with van der Waals surface area (Å²) in [4.78, 5) is 11.0. The van der Waals surface area contributed by atoms with Gasteiger partial charge < -0.3 is 20.9 Å². The molecule has 0 saturated carbocycles. The fourth-order valence-electron chi connectivity index (χ4n) is 2.26. The van der Waals surface area contributed by atoms with Gasteiger partial charge in [-0.05, 0) is 48.5 Å². The molecule has 0 aliphatic rings. The maximum atomic E-state index is 11.0. The van der Waals surface area contributed by atoms with Crippen LogP contribution < -0.4 is 15.8 Å².